The predicted molar refractivity (Wildman–Crippen MR) is 146 cm³/mol. The molecule has 0 bridgehead atoms. The van der Waals surface area contributed by atoms with Crippen molar-refractivity contribution in [2.45, 2.75) is 51.6 Å². The van der Waals surface area contributed by atoms with Crippen molar-refractivity contribution in [2.75, 3.05) is 40.4 Å². The molecule has 4 rings (SSSR count). The fourth-order valence-electron chi connectivity index (χ4n) is 6.46. The number of hydrogen-bond acceptors (Lipinski definition) is 4. The number of nitrogens with zero attached hydrogens (tertiary/aromatic N) is 1. The van der Waals surface area contributed by atoms with E-state index in [0.717, 1.165) is 49.9 Å². The highest BCUT2D eigenvalue weighted by atomic mass is 19.1. The van der Waals surface area contributed by atoms with E-state index in [-0.39, 0.29) is 23.6 Å². The van der Waals surface area contributed by atoms with Gasteiger partial charge in [-0.3, -0.25) is 4.79 Å². The Morgan fingerprint density at radius 3 is 2.76 bits per heavy atom. The molecule has 202 valence electrons. The Morgan fingerprint density at radius 1 is 1.24 bits per heavy atom. The molecule has 2 N–H and O–H groups in total. The van der Waals surface area contributed by atoms with Crippen LogP contribution in [0.2, 0.25) is 0 Å². The summed E-state index contributed by atoms with van der Waals surface area (Å²) in [6.45, 7) is 6.83. The van der Waals surface area contributed by atoms with Gasteiger partial charge in [-0.2, -0.15) is 0 Å². The van der Waals surface area contributed by atoms with E-state index in [0.29, 0.717) is 42.5 Å². The van der Waals surface area contributed by atoms with E-state index in [4.69, 9.17) is 4.74 Å². The number of carbonyl (C=O) groups excluding carboxylic acids is 1. The molecule has 2 aromatic rings. The maximum atomic E-state index is 15.5. The van der Waals surface area contributed by atoms with Crippen LogP contribution in [0.15, 0.2) is 42.5 Å². The number of methoxy groups -OCH3 is 1. The van der Waals surface area contributed by atoms with Crippen molar-refractivity contribution in [1.82, 2.24) is 10.2 Å². The number of piperidine rings is 1. The molecule has 1 aliphatic heterocycles. The molecule has 5 nitrogen and oxygen atoms in total. The number of rotatable bonds is 11. The fourth-order valence-corrected chi connectivity index (χ4v) is 6.46. The zero-order valence-electron chi connectivity index (χ0n) is 22.8. The number of amides is 1. The van der Waals surface area contributed by atoms with Crippen molar-refractivity contribution in [3.63, 3.8) is 0 Å². The van der Waals surface area contributed by atoms with Crippen LogP contribution >= 0.6 is 0 Å². The van der Waals surface area contributed by atoms with E-state index in [2.05, 4.69) is 12.2 Å². The molecule has 37 heavy (non-hydrogen) atoms. The van der Waals surface area contributed by atoms with Crippen molar-refractivity contribution < 1.29 is 19.0 Å². The summed E-state index contributed by atoms with van der Waals surface area (Å²) in [7, 11) is 3.61. The second-order valence-corrected chi connectivity index (χ2v) is 11.1. The first kappa shape index (κ1) is 27.7. The number of hydrogen-bond donors (Lipinski definition) is 2. The summed E-state index contributed by atoms with van der Waals surface area (Å²) in [5.74, 6) is 0.514. The van der Waals surface area contributed by atoms with Gasteiger partial charge in [0, 0.05) is 44.2 Å². The van der Waals surface area contributed by atoms with Gasteiger partial charge >= 0.3 is 0 Å². The number of benzene rings is 2. The smallest absolute Gasteiger partial charge is 0.226 e. The Balaban J connectivity index is 1.67. The maximum Gasteiger partial charge on any atom is 0.226 e. The number of unbranched alkanes of at least 4 members (excludes halogenated alkanes) is 1. The van der Waals surface area contributed by atoms with Gasteiger partial charge in [-0.1, -0.05) is 48.9 Å². The van der Waals surface area contributed by atoms with Gasteiger partial charge in [0.15, 0.2) is 0 Å². The number of aryl methyl sites for hydroxylation is 1. The summed E-state index contributed by atoms with van der Waals surface area (Å²) in [4.78, 5) is 15.5. The molecule has 1 saturated heterocycles. The molecule has 0 spiro atoms. The quantitative estimate of drug-likeness (QED) is 0.411. The molecule has 2 fully saturated rings. The fraction of sp³-hybridized carbons (Fsp3) is 0.581. The zero-order valence-corrected chi connectivity index (χ0v) is 22.8. The SMILES string of the molecule is CNC[C@@H]1[C@@H](C)[C@@H]1C(=O)N1CCC[C@@H]([C@@](O)(CCCCOC)c2cccc(F)c2-c2cccc(C)c2)C1. The van der Waals surface area contributed by atoms with Crippen LogP contribution in [0.3, 0.4) is 0 Å². The molecular weight excluding hydrogens is 467 g/mol. The van der Waals surface area contributed by atoms with Crippen molar-refractivity contribution >= 4 is 5.91 Å². The lowest BCUT2D eigenvalue weighted by molar-refractivity contribution is -0.138. The minimum atomic E-state index is -1.26. The molecule has 0 aromatic heterocycles. The van der Waals surface area contributed by atoms with Crippen LogP contribution in [0.5, 0.6) is 0 Å². The molecule has 5 atom stereocenters. The largest absolute Gasteiger partial charge is 0.385 e. The summed E-state index contributed by atoms with van der Waals surface area (Å²) in [6, 6.07) is 12.9. The van der Waals surface area contributed by atoms with E-state index in [1.54, 1.807) is 13.2 Å². The third kappa shape index (κ3) is 5.92. The van der Waals surface area contributed by atoms with Gasteiger partial charge in [-0.15, -0.1) is 0 Å². The lowest BCUT2D eigenvalue weighted by Crippen LogP contribution is -2.49. The number of ether oxygens (including phenoxy) is 1. The number of aliphatic hydroxyl groups is 1. The van der Waals surface area contributed by atoms with Crippen LogP contribution in [0.1, 0.15) is 50.2 Å². The average Bonchev–Trinajstić information content (AvgIpc) is 3.54. The lowest BCUT2D eigenvalue weighted by atomic mass is 9.72. The molecule has 6 heteroatoms. The molecule has 0 unspecified atom stereocenters. The molecule has 0 radical (unpaired) electrons. The number of halogens is 1. The third-order valence-electron chi connectivity index (χ3n) is 8.64. The maximum absolute atomic E-state index is 15.5. The summed E-state index contributed by atoms with van der Waals surface area (Å²) in [5, 5.41) is 15.7. The Kier molecular flexibility index (Phi) is 9.04. The summed E-state index contributed by atoms with van der Waals surface area (Å²) < 4.78 is 20.7. The van der Waals surface area contributed by atoms with E-state index < -0.39 is 5.60 Å². The Labute approximate surface area is 221 Å². The Bertz CT molecular complexity index is 1080. The van der Waals surface area contributed by atoms with Gasteiger partial charge in [-0.05, 0) is 81.6 Å². The predicted octanol–water partition coefficient (Wildman–Crippen LogP) is 5.15. The topological polar surface area (TPSA) is 61.8 Å². The van der Waals surface area contributed by atoms with Crippen molar-refractivity contribution in [3.05, 3.63) is 59.4 Å². The van der Waals surface area contributed by atoms with E-state index in [1.165, 1.54) is 6.07 Å². The Hall–Kier alpha value is -2.28. The minimum absolute atomic E-state index is 0.0537. The summed E-state index contributed by atoms with van der Waals surface area (Å²) in [5.41, 5.74) is 1.65. The average molecular weight is 511 g/mol. The van der Waals surface area contributed by atoms with Gasteiger partial charge in [-0.25, -0.2) is 4.39 Å². The van der Waals surface area contributed by atoms with Crippen LogP contribution in [0.25, 0.3) is 11.1 Å². The first-order chi connectivity index (χ1) is 17.8. The van der Waals surface area contributed by atoms with Crippen molar-refractivity contribution in [1.29, 1.82) is 0 Å². The van der Waals surface area contributed by atoms with Gasteiger partial charge in [0.2, 0.25) is 5.91 Å². The summed E-state index contributed by atoms with van der Waals surface area (Å²) in [6.07, 6.45) is 3.70. The second-order valence-electron chi connectivity index (χ2n) is 11.1. The van der Waals surface area contributed by atoms with Gasteiger partial charge in [0.25, 0.3) is 0 Å². The molecule has 1 amide bonds. The van der Waals surface area contributed by atoms with Crippen LogP contribution in [0.4, 0.5) is 4.39 Å². The normalized spacial score (nSPS) is 25.1. The lowest BCUT2D eigenvalue weighted by Gasteiger charge is -2.44. The number of nitrogens with one attached hydrogen (secondary N) is 1. The van der Waals surface area contributed by atoms with Gasteiger partial charge in [0.05, 0.1) is 5.60 Å². The minimum Gasteiger partial charge on any atom is -0.385 e. The third-order valence-corrected chi connectivity index (χ3v) is 8.64. The van der Waals surface area contributed by atoms with E-state index in [1.807, 2.05) is 49.2 Å². The highest BCUT2D eigenvalue weighted by Gasteiger charge is 2.53. The Morgan fingerprint density at radius 2 is 2.03 bits per heavy atom. The standard InChI is InChI=1S/C31H43FN2O3/c1-21-10-7-11-23(18-21)29-26(13-8-14-27(29)32)31(36,15-5-6-17-37-4)24-12-9-16-34(20-24)30(35)28-22(2)25(28)19-33-3/h7-8,10-11,13-14,18,22,24-25,28,33,36H,5-6,9,12,15-17,19-20H2,1-4H3/t22-,24-,25-,28+,31+/m1/s1. The molecule has 1 saturated carbocycles. The summed E-state index contributed by atoms with van der Waals surface area (Å²) >= 11 is 0. The van der Waals surface area contributed by atoms with Crippen molar-refractivity contribution in [2.24, 2.45) is 23.7 Å². The highest BCUT2D eigenvalue weighted by Crippen LogP contribution is 2.48. The van der Waals surface area contributed by atoms with Crippen LogP contribution in [-0.4, -0.2) is 56.3 Å². The second kappa shape index (κ2) is 12.1. The molecule has 2 aliphatic rings. The van der Waals surface area contributed by atoms with E-state index >= 15 is 4.39 Å². The van der Waals surface area contributed by atoms with Crippen LogP contribution in [-0.2, 0) is 15.1 Å². The molecule has 1 heterocycles. The van der Waals surface area contributed by atoms with Gasteiger partial charge < -0.3 is 20.1 Å². The molecular formula is C31H43FN2O3. The highest BCUT2D eigenvalue weighted by molar-refractivity contribution is 5.82. The van der Waals surface area contributed by atoms with Crippen molar-refractivity contribution in [3.8, 4) is 11.1 Å². The first-order valence-corrected chi connectivity index (χ1v) is 13.8. The van der Waals surface area contributed by atoms with Crippen LogP contribution in [0, 0.1) is 36.4 Å². The molecule has 2 aromatic carbocycles. The first-order valence-electron chi connectivity index (χ1n) is 13.8. The number of carbonyl (C=O) groups is 1. The molecule has 1 aliphatic carbocycles. The number of likely N-dealkylation sites (tertiary alicyclic amines) is 1. The zero-order chi connectivity index (χ0) is 26.6. The van der Waals surface area contributed by atoms with E-state index in [9.17, 15) is 9.90 Å². The van der Waals surface area contributed by atoms with Crippen LogP contribution < -0.4 is 5.32 Å². The monoisotopic (exact) mass is 510 g/mol. The van der Waals surface area contributed by atoms with Gasteiger partial charge in [0.1, 0.15) is 5.82 Å².